The number of rotatable bonds is 6. The fraction of sp³-hybridized carbons (Fsp3) is 0.222. The molecule has 0 fully saturated rings. The number of nitriles is 1. The number of methoxy groups -OCH3 is 1. The van der Waals surface area contributed by atoms with Crippen molar-refractivity contribution in [2.24, 2.45) is 0 Å². The molecule has 0 saturated carbocycles. The van der Waals surface area contributed by atoms with Gasteiger partial charge in [0.1, 0.15) is 5.75 Å². The third-order valence-electron chi connectivity index (χ3n) is 3.41. The number of carbonyl (C=O) groups excluding carboxylic acids is 1. The maximum absolute atomic E-state index is 12.1. The monoisotopic (exact) mass is 310 g/mol. The SMILES string of the molecule is COc1cccc(C(O)CNC(=O)c2cccc(CC#N)c2)c1. The second-order valence-corrected chi connectivity index (χ2v) is 5.04. The number of ether oxygens (including phenoxy) is 1. The van der Waals surface area contributed by atoms with E-state index in [4.69, 9.17) is 10.00 Å². The van der Waals surface area contributed by atoms with Crippen molar-refractivity contribution in [1.82, 2.24) is 5.32 Å². The molecule has 0 aliphatic rings. The molecule has 1 unspecified atom stereocenters. The van der Waals surface area contributed by atoms with Crippen molar-refractivity contribution in [2.75, 3.05) is 13.7 Å². The molecule has 1 atom stereocenters. The maximum Gasteiger partial charge on any atom is 0.251 e. The summed E-state index contributed by atoms with van der Waals surface area (Å²) in [5.41, 5.74) is 1.92. The van der Waals surface area contributed by atoms with E-state index in [1.165, 1.54) is 0 Å². The van der Waals surface area contributed by atoms with E-state index in [9.17, 15) is 9.90 Å². The van der Waals surface area contributed by atoms with Crippen LogP contribution in [0.3, 0.4) is 0 Å². The van der Waals surface area contributed by atoms with Gasteiger partial charge in [0.05, 0.1) is 25.7 Å². The summed E-state index contributed by atoms with van der Waals surface area (Å²) in [7, 11) is 1.56. The fourth-order valence-electron chi connectivity index (χ4n) is 2.17. The van der Waals surface area contributed by atoms with E-state index in [0.717, 1.165) is 5.56 Å². The van der Waals surface area contributed by atoms with Crippen LogP contribution in [-0.2, 0) is 6.42 Å². The lowest BCUT2D eigenvalue weighted by Gasteiger charge is -2.13. The molecule has 2 aromatic carbocycles. The van der Waals surface area contributed by atoms with Gasteiger partial charge in [-0.2, -0.15) is 5.26 Å². The largest absolute Gasteiger partial charge is 0.497 e. The van der Waals surface area contributed by atoms with Gasteiger partial charge in [-0.05, 0) is 35.4 Å². The molecule has 0 spiro atoms. The van der Waals surface area contributed by atoms with Gasteiger partial charge in [0, 0.05) is 12.1 Å². The quantitative estimate of drug-likeness (QED) is 0.857. The van der Waals surface area contributed by atoms with Gasteiger partial charge in [0.25, 0.3) is 5.91 Å². The molecule has 5 heteroatoms. The van der Waals surface area contributed by atoms with Crippen molar-refractivity contribution < 1.29 is 14.6 Å². The third kappa shape index (κ3) is 4.56. The van der Waals surface area contributed by atoms with E-state index in [-0.39, 0.29) is 18.9 Å². The Balaban J connectivity index is 1.98. The van der Waals surface area contributed by atoms with Gasteiger partial charge in [-0.1, -0.05) is 24.3 Å². The molecule has 118 valence electrons. The van der Waals surface area contributed by atoms with Crippen LogP contribution in [0.25, 0.3) is 0 Å². The highest BCUT2D eigenvalue weighted by Gasteiger charge is 2.12. The van der Waals surface area contributed by atoms with Crippen LogP contribution in [0.15, 0.2) is 48.5 Å². The molecule has 0 bridgehead atoms. The summed E-state index contributed by atoms with van der Waals surface area (Å²) in [5, 5.41) is 21.6. The molecule has 0 saturated heterocycles. The van der Waals surface area contributed by atoms with Crippen LogP contribution >= 0.6 is 0 Å². The molecular formula is C18H18N2O3. The second kappa shape index (κ2) is 7.97. The first-order chi connectivity index (χ1) is 11.1. The smallest absolute Gasteiger partial charge is 0.251 e. The van der Waals surface area contributed by atoms with Crippen LogP contribution in [-0.4, -0.2) is 24.7 Å². The molecular weight excluding hydrogens is 292 g/mol. The van der Waals surface area contributed by atoms with Gasteiger partial charge < -0.3 is 15.2 Å². The number of nitrogens with zero attached hydrogens (tertiary/aromatic N) is 1. The number of carbonyl (C=O) groups is 1. The average Bonchev–Trinajstić information content (AvgIpc) is 2.60. The minimum atomic E-state index is -0.823. The van der Waals surface area contributed by atoms with E-state index >= 15 is 0 Å². The number of amides is 1. The van der Waals surface area contributed by atoms with Gasteiger partial charge in [0.2, 0.25) is 0 Å². The Morgan fingerprint density at radius 3 is 2.83 bits per heavy atom. The van der Waals surface area contributed by atoms with E-state index in [1.54, 1.807) is 55.6 Å². The van der Waals surface area contributed by atoms with Gasteiger partial charge in [0.15, 0.2) is 0 Å². The molecule has 2 N–H and O–H groups in total. The predicted octanol–water partition coefficient (Wildman–Crippen LogP) is 2.22. The normalized spacial score (nSPS) is 11.3. The molecule has 0 aliphatic carbocycles. The minimum Gasteiger partial charge on any atom is -0.497 e. The number of nitrogens with one attached hydrogen (secondary N) is 1. The lowest BCUT2D eigenvalue weighted by molar-refractivity contribution is 0.0916. The first-order valence-electron chi connectivity index (χ1n) is 7.20. The highest BCUT2D eigenvalue weighted by Crippen LogP contribution is 2.18. The molecule has 2 aromatic rings. The topological polar surface area (TPSA) is 82.3 Å². The summed E-state index contributed by atoms with van der Waals surface area (Å²) >= 11 is 0. The maximum atomic E-state index is 12.1. The Kier molecular flexibility index (Phi) is 5.73. The van der Waals surface area contributed by atoms with Crippen molar-refractivity contribution in [3.05, 3.63) is 65.2 Å². The van der Waals surface area contributed by atoms with Crippen LogP contribution in [0.5, 0.6) is 5.75 Å². The van der Waals surface area contributed by atoms with Gasteiger partial charge in [-0.3, -0.25) is 4.79 Å². The Morgan fingerprint density at radius 1 is 1.30 bits per heavy atom. The molecule has 23 heavy (non-hydrogen) atoms. The van der Waals surface area contributed by atoms with Crippen LogP contribution < -0.4 is 10.1 Å². The zero-order valence-electron chi connectivity index (χ0n) is 12.8. The van der Waals surface area contributed by atoms with E-state index in [0.29, 0.717) is 16.9 Å². The van der Waals surface area contributed by atoms with Crippen molar-refractivity contribution in [3.63, 3.8) is 0 Å². The van der Waals surface area contributed by atoms with Crippen LogP contribution in [0, 0.1) is 11.3 Å². The minimum absolute atomic E-state index is 0.0917. The first-order valence-corrected chi connectivity index (χ1v) is 7.20. The summed E-state index contributed by atoms with van der Waals surface area (Å²) in [6.45, 7) is 0.0917. The molecule has 2 rings (SSSR count). The van der Waals surface area contributed by atoms with E-state index in [1.807, 2.05) is 6.07 Å². The molecule has 0 aliphatic heterocycles. The van der Waals surface area contributed by atoms with Crippen LogP contribution in [0.1, 0.15) is 27.6 Å². The summed E-state index contributed by atoms with van der Waals surface area (Å²) in [4.78, 5) is 12.1. The molecule has 0 aromatic heterocycles. The Hall–Kier alpha value is -2.84. The summed E-state index contributed by atoms with van der Waals surface area (Å²) in [5.74, 6) is 0.365. The zero-order chi connectivity index (χ0) is 16.7. The van der Waals surface area contributed by atoms with E-state index < -0.39 is 6.10 Å². The van der Waals surface area contributed by atoms with Gasteiger partial charge >= 0.3 is 0 Å². The van der Waals surface area contributed by atoms with Gasteiger partial charge in [-0.15, -0.1) is 0 Å². The number of hydrogen-bond acceptors (Lipinski definition) is 4. The number of hydrogen-bond donors (Lipinski definition) is 2. The third-order valence-corrected chi connectivity index (χ3v) is 3.41. The standard InChI is InChI=1S/C18H18N2O3/c1-23-16-7-3-5-14(11-16)17(21)12-20-18(22)15-6-2-4-13(10-15)8-9-19/h2-7,10-11,17,21H,8,12H2,1H3,(H,20,22). The number of aliphatic hydroxyl groups is 1. The lowest BCUT2D eigenvalue weighted by atomic mass is 10.1. The van der Waals surface area contributed by atoms with Crippen molar-refractivity contribution in [3.8, 4) is 11.8 Å². The lowest BCUT2D eigenvalue weighted by Crippen LogP contribution is -2.28. The molecule has 1 amide bonds. The fourth-order valence-corrected chi connectivity index (χ4v) is 2.17. The van der Waals surface area contributed by atoms with Crippen molar-refractivity contribution >= 4 is 5.91 Å². The summed E-state index contributed by atoms with van der Waals surface area (Å²) in [6.07, 6.45) is -0.565. The second-order valence-electron chi connectivity index (χ2n) is 5.04. The van der Waals surface area contributed by atoms with Crippen LogP contribution in [0.4, 0.5) is 0 Å². The zero-order valence-corrected chi connectivity index (χ0v) is 12.8. The van der Waals surface area contributed by atoms with E-state index in [2.05, 4.69) is 5.32 Å². The Bertz CT molecular complexity index is 722. The van der Waals surface area contributed by atoms with Gasteiger partial charge in [-0.25, -0.2) is 0 Å². The number of benzene rings is 2. The van der Waals surface area contributed by atoms with Crippen molar-refractivity contribution in [1.29, 1.82) is 5.26 Å². The number of aliphatic hydroxyl groups excluding tert-OH is 1. The molecule has 0 radical (unpaired) electrons. The molecule has 0 heterocycles. The van der Waals surface area contributed by atoms with Crippen molar-refractivity contribution in [2.45, 2.75) is 12.5 Å². The highest BCUT2D eigenvalue weighted by atomic mass is 16.5. The Morgan fingerprint density at radius 2 is 2.09 bits per heavy atom. The highest BCUT2D eigenvalue weighted by molar-refractivity contribution is 5.94. The Labute approximate surface area is 135 Å². The first kappa shape index (κ1) is 16.5. The summed E-state index contributed by atoms with van der Waals surface area (Å²) in [6, 6.07) is 16.0. The molecule has 5 nitrogen and oxygen atoms in total. The van der Waals surface area contributed by atoms with Crippen LogP contribution in [0.2, 0.25) is 0 Å². The summed E-state index contributed by atoms with van der Waals surface area (Å²) < 4.78 is 5.11. The predicted molar refractivity (Wildman–Crippen MR) is 86.0 cm³/mol. The average molecular weight is 310 g/mol.